The van der Waals surface area contributed by atoms with Gasteiger partial charge in [-0.2, -0.15) is 0 Å². The molecule has 0 aliphatic rings. The van der Waals surface area contributed by atoms with Crippen LogP contribution in [-0.4, -0.2) is 124 Å². The predicted octanol–water partition coefficient (Wildman–Crippen LogP) is 2.76. The summed E-state index contributed by atoms with van der Waals surface area (Å²) < 4.78 is 26.5. The number of benzene rings is 1. The third kappa shape index (κ3) is 28.6. The Kier molecular flexibility index (Phi) is 30.2. The Morgan fingerprint density at radius 1 is 0.615 bits per heavy atom. The van der Waals surface area contributed by atoms with Crippen LogP contribution in [0.5, 0.6) is 5.75 Å². The monoisotopic (exact) mass is 741 g/mol. The van der Waals surface area contributed by atoms with Crippen molar-refractivity contribution in [3.63, 3.8) is 0 Å². The Bertz CT molecular complexity index is 1150. The van der Waals surface area contributed by atoms with Crippen molar-refractivity contribution in [3.8, 4) is 5.75 Å². The van der Waals surface area contributed by atoms with Gasteiger partial charge in [0, 0.05) is 25.9 Å². The molecule has 3 amide bonds. The highest BCUT2D eigenvalue weighted by molar-refractivity contribution is 5.87. The maximum absolute atomic E-state index is 12.3. The topological polar surface area (TPSA) is 225 Å². The van der Waals surface area contributed by atoms with Crippen molar-refractivity contribution >= 4 is 35.4 Å². The van der Waals surface area contributed by atoms with Crippen molar-refractivity contribution in [1.29, 1.82) is 0 Å². The van der Waals surface area contributed by atoms with Crippen LogP contribution in [0.15, 0.2) is 24.3 Å². The molecule has 0 aliphatic carbocycles. The van der Waals surface area contributed by atoms with E-state index in [-0.39, 0.29) is 87.9 Å². The van der Waals surface area contributed by atoms with Crippen LogP contribution in [0.4, 0.5) is 0 Å². The second-order valence-electron chi connectivity index (χ2n) is 11.3. The number of carbonyl (C=O) groups excluding carboxylic acids is 4. The number of Topliss-reactive ketones (excluding diaryl/α,β-unsaturated/α-hetero) is 1. The number of nitrogens with one attached hydrogen (secondary N) is 3. The van der Waals surface area contributed by atoms with Crippen molar-refractivity contribution in [2.24, 2.45) is 0 Å². The summed E-state index contributed by atoms with van der Waals surface area (Å²) in [6.45, 7) is 7.89. The first-order valence-electron chi connectivity index (χ1n) is 17.9. The standard InChI is InChI=1S/C34H53N3O13.C2H6/c1-26(38)24-48-22-20-47-19-16-36-32(41)25-49-23-21-46-18-15-35-30(39)14-13-29(34(44)45)37-31(40)8-6-4-2-3-5-7-17-50-28-11-9-27(10-12-28)33(42)43;1-2/h9-12,29H,2-8,13-25H2,1H3,(H,35,39)(H,36,41)(H,37,40)(H,42,43)(H,44,45);1-2H3/t29-;/m0./s1. The smallest absolute Gasteiger partial charge is 0.335 e. The molecule has 0 bridgehead atoms. The van der Waals surface area contributed by atoms with Crippen LogP contribution in [0.1, 0.15) is 88.9 Å². The van der Waals surface area contributed by atoms with E-state index < -0.39 is 18.0 Å². The summed E-state index contributed by atoms with van der Waals surface area (Å²) in [6.07, 6.45) is 5.22. The molecule has 0 radical (unpaired) electrons. The van der Waals surface area contributed by atoms with Crippen LogP contribution in [0.2, 0.25) is 0 Å². The molecule has 1 rings (SSSR count). The summed E-state index contributed by atoms with van der Waals surface area (Å²) >= 11 is 0. The van der Waals surface area contributed by atoms with Gasteiger partial charge in [0.1, 0.15) is 25.0 Å². The lowest BCUT2D eigenvalue weighted by Gasteiger charge is -2.14. The predicted molar refractivity (Wildman–Crippen MR) is 191 cm³/mol. The zero-order chi connectivity index (χ0) is 38.8. The molecular weight excluding hydrogens is 682 g/mol. The maximum Gasteiger partial charge on any atom is 0.335 e. The van der Waals surface area contributed by atoms with Gasteiger partial charge in [-0.05, 0) is 50.5 Å². The summed E-state index contributed by atoms with van der Waals surface area (Å²) in [4.78, 5) is 69.3. The van der Waals surface area contributed by atoms with Gasteiger partial charge in [0.2, 0.25) is 17.7 Å². The summed E-state index contributed by atoms with van der Waals surface area (Å²) in [5, 5.41) is 26.1. The van der Waals surface area contributed by atoms with Gasteiger partial charge in [-0.25, -0.2) is 9.59 Å². The van der Waals surface area contributed by atoms with Crippen LogP contribution in [-0.2, 0) is 42.9 Å². The van der Waals surface area contributed by atoms with E-state index >= 15 is 0 Å². The molecule has 1 aromatic rings. The van der Waals surface area contributed by atoms with E-state index in [0.29, 0.717) is 45.1 Å². The number of ether oxygens (including phenoxy) is 5. The first-order valence-corrected chi connectivity index (χ1v) is 17.9. The third-order valence-electron chi connectivity index (χ3n) is 6.88. The highest BCUT2D eigenvalue weighted by Gasteiger charge is 2.20. The summed E-state index contributed by atoms with van der Waals surface area (Å²) in [7, 11) is 0. The SMILES string of the molecule is CC.CC(=O)COCCOCCNC(=O)COCCOCCNC(=O)CC[C@H](NC(=O)CCCCCCCCOc1ccc(C(=O)O)cc1)C(=O)O. The average molecular weight is 742 g/mol. The summed E-state index contributed by atoms with van der Waals surface area (Å²) in [6, 6.07) is 5.09. The highest BCUT2D eigenvalue weighted by Crippen LogP contribution is 2.14. The molecule has 0 heterocycles. The Hall–Kier alpha value is -4.12. The molecule has 5 N–H and O–H groups in total. The van der Waals surface area contributed by atoms with Crippen LogP contribution >= 0.6 is 0 Å². The first kappa shape index (κ1) is 47.9. The number of carboxylic acid groups (broad SMARTS) is 2. The Morgan fingerprint density at radius 3 is 1.73 bits per heavy atom. The number of aromatic carboxylic acids is 1. The van der Waals surface area contributed by atoms with Gasteiger partial charge in [0.25, 0.3) is 0 Å². The van der Waals surface area contributed by atoms with E-state index in [9.17, 15) is 33.9 Å². The van der Waals surface area contributed by atoms with Crippen LogP contribution < -0.4 is 20.7 Å². The Morgan fingerprint density at radius 2 is 1.15 bits per heavy atom. The number of aliphatic carboxylic acids is 1. The molecule has 16 heteroatoms. The van der Waals surface area contributed by atoms with Crippen LogP contribution in [0, 0.1) is 0 Å². The van der Waals surface area contributed by atoms with Crippen molar-refractivity contribution < 1.29 is 62.7 Å². The largest absolute Gasteiger partial charge is 0.494 e. The van der Waals surface area contributed by atoms with Crippen molar-refractivity contribution in [2.75, 3.05) is 72.6 Å². The first-order chi connectivity index (χ1) is 25.1. The lowest BCUT2D eigenvalue weighted by molar-refractivity contribution is -0.142. The zero-order valence-corrected chi connectivity index (χ0v) is 30.9. The number of hydrogen-bond acceptors (Lipinski definition) is 11. The summed E-state index contributed by atoms with van der Waals surface area (Å²) in [5.74, 6) is -2.66. The molecule has 0 unspecified atom stereocenters. The molecule has 0 saturated heterocycles. The lowest BCUT2D eigenvalue weighted by Crippen LogP contribution is -2.41. The number of unbranched alkanes of at least 4 members (excludes halogenated alkanes) is 5. The molecule has 16 nitrogen and oxygen atoms in total. The molecule has 296 valence electrons. The number of carboxylic acids is 2. The second-order valence-corrected chi connectivity index (χ2v) is 11.3. The molecular formula is C36H59N3O13. The average Bonchev–Trinajstić information content (AvgIpc) is 3.12. The number of carbonyl (C=O) groups is 6. The van der Waals surface area contributed by atoms with Gasteiger partial charge in [-0.3, -0.25) is 19.2 Å². The number of amides is 3. The second kappa shape index (κ2) is 32.8. The van der Waals surface area contributed by atoms with Gasteiger partial charge in [0.15, 0.2) is 5.78 Å². The van der Waals surface area contributed by atoms with Crippen LogP contribution in [0.3, 0.4) is 0 Å². The molecule has 0 aliphatic heterocycles. The fraction of sp³-hybridized carbons (Fsp3) is 0.667. The third-order valence-corrected chi connectivity index (χ3v) is 6.88. The molecule has 0 spiro atoms. The van der Waals surface area contributed by atoms with Gasteiger partial charge in [-0.1, -0.05) is 39.5 Å². The minimum Gasteiger partial charge on any atom is -0.494 e. The molecule has 0 saturated carbocycles. The number of rotatable bonds is 32. The molecule has 52 heavy (non-hydrogen) atoms. The normalized spacial score (nSPS) is 11.1. The highest BCUT2D eigenvalue weighted by atomic mass is 16.5. The van der Waals surface area contributed by atoms with Gasteiger partial charge >= 0.3 is 11.9 Å². The fourth-order valence-corrected chi connectivity index (χ4v) is 4.26. The van der Waals surface area contributed by atoms with E-state index in [0.717, 1.165) is 32.1 Å². The van der Waals surface area contributed by atoms with Gasteiger partial charge < -0.3 is 49.8 Å². The van der Waals surface area contributed by atoms with E-state index in [1.165, 1.54) is 19.1 Å². The quantitative estimate of drug-likeness (QED) is 0.0671. The number of hydrogen-bond donors (Lipinski definition) is 5. The fourth-order valence-electron chi connectivity index (χ4n) is 4.26. The summed E-state index contributed by atoms with van der Waals surface area (Å²) in [5.41, 5.74) is 0.208. The zero-order valence-electron chi connectivity index (χ0n) is 30.9. The van der Waals surface area contributed by atoms with E-state index in [1.807, 2.05) is 13.8 Å². The number of ketones is 1. The Balaban J connectivity index is 0.0000128. The van der Waals surface area contributed by atoms with E-state index in [4.69, 9.17) is 28.8 Å². The van der Waals surface area contributed by atoms with Gasteiger partial charge in [0.05, 0.1) is 51.8 Å². The minimum absolute atomic E-state index is 0.0445. The van der Waals surface area contributed by atoms with Crippen molar-refractivity contribution in [2.45, 2.75) is 84.6 Å². The molecule has 1 aromatic carbocycles. The Labute approximate surface area is 306 Å². The maximum atomic E-state index is 12.3. The van der Waals surface area contributed by atoms with Gasteiger partial charge in [-0.15, -0.1) is 0 Å². The molecule has 1 atom stereocenters. The van der Waals surface area contributed by atoms with Crippen LogP contribution in [0.25, 0.3) is 0 Å². The van der Waals surface area contributed by atoms with E-state index in [2.05, 4.69) is 16.0 Å². The van der Waals surface area contributed by atoms with E-state index in [1.54, 1.807) is 12.1 Å². The van der Waals surface area contributed by atoms with Crippen molar-refractivity contribution in [3.05, 3.63) is 29.8 Å². The molecule has 0 fully saturated rings. The molecule has 0 aromatic heterocycles. The van der Waals surface area contributed by atoms with Crippen molar-refractivity contribution in [1.82, 2.24) is 16.0 Å². The lowest BCUT2D eigenvalue weighted by atomic mass is 10.1. The minimum atomic E-state index is -1.20.